The van der Waals surface area contributed by atoms with Gasteiger partial charge in [0.15, 0.2) is 0 Å². The van der Waals surface area contributed by atoms with Crippen LogP contribution in [-0.2, 0) is 24.1 Å². The van der Waals surface area contributed by atoms with Gasteiger partial charge in [-0.1, -0.05) is 6.07 Å². The average molecular weight is 312 g/mol. The predicted molar refractivity (Wildman–Crippen MR) is 87.5 cm³/mol. The number of fused-ring (bicyclic) bond motifs is 2. The Balaban J connectivity index is 1.85. The van der Waals surface area contributed by atoms with Gasteiger partial charge < -0.3 is 15.1 Å². The van der Waals surface area contributed by atoms with Crippen LogP contribution >= 0.6 is 0 Å². The Hall–Kier alpha value is -2.43. The highest BCUT2D eigenvalue weighted by atomic mass is 16.3. The number of aromatic nitrogens is 1. The lowest BCUT2D eigenvalue weighted by Gasteiger charge is -2.16. The van der Waals surface area contributed by atoms with E-state index in [9.17, 15) is 15.0 Å². The minimum Gasteiger partial charge on any atom is -0.494 e. The van der Waals surface area contributed by atoms with E-state index in [1.165, 1.54) is 4.57 Å². The summed E-state index contributed by atoms with van der Waals surface area (Å²) in [5.74, 6) is 0.273. The molecule has 1 aromatic carbocycles. The first kappa shape index (κ1) is 14.2. The van der Waals surface area contributed by atoms with Gasteiger partial charge in [-0.2, -0.15) is 0 Å². The number of aromatic hydroxyl groups is 2. The molecule has 0 fully saturated rings. The molecule has 0 atom stereocenters. The van der Waals surface area contributed by atoms with Crippen LogP contribution in [0, 0.1) is 0 Å². The fourth-order valence-electron chi connectivity index (χ4n) is 3.85. The number of anilines is 1. The van der Waals surface area contributed by atoms with E-state index in [-0.39, 0.29) is 17.7 Å². The summed E-state index contributed by atoms with van der Waals surface area (Å²) < 4.78 is 1.51. The van der Waals surface area contributed by atoms with Crippen LogP contribution in [0.1, 0.15) is 36.5 Å². The normalized spacial score (nSPS) is 16.3. The molecule has 0 spiro atoms. The van der Waals surface area contributed by atoms with E-state index in [2.05, 4.69) is 0 Å². The maximum absolute atomic E-state index is 11.8. The van der Waals surface area contributed by atoms with Gasteiger partial charge in [-0.15, -0.1) is 0 Å². The highest BCUT2D eigenvalue weighted by Crippen LogP contribution is 2.42. The molecular weight excluding hydrogens is 292 g/mol. The fourth-order valence-corrected chi connectivity index (χ4v) is 3.85. The zero-order valence-electron chi connectivity index (χ0n) is 13.2. The van der Waals surface area contributed by atoms with Crippen molar-refractivity contribution in [3.05, 3.63) is 34.9 Å². The molecule has 0 saturated heterocycles. The molecule has 0 unspecified atom stereocenters. The maximum atomic E-state index is 11.8. The molecule has 0 saturated carbocycles. The molecule has 120 valence electrons. The van der Waals surface area contributed by atoms with Crippen molar-refractivity contribution in [2.45, 2.75) is 39.0 Å². The Kier molecular flexibility index (Phi) is 3.11. The summed E-state index contributed by atoms with van der Waals surface area (Å²) in [6, 6.07) is 5.76. The Morgan fingerprint density at radius 3 is 2.30 bits per heavy atom. The number of amides is 1. The summed E-state index contributed by atoms with van der Waals surface area (Å²) in [5.41, 5.74) is 4.41. The minimum absolute atomic E-state index is 0.0149. The van der Waals surface area contributed by atoms with Gasteiger partial charge in [-0.25, -0.2) is 0 Å². The number of carbonyl (C=O) groups is 1. The molecule has 5 nitrogen and oxygen atoms in total. The smallest absolute Gasteiger partial charge is 0.223 e. The zero-order chi connectivity index (χ0) is 16.1. The minimum atomic E-state index is 0.0149. The Bertz CT molecular complexity index is 778. The highest BCUT2D eigenvalue weighted by Gasteiger charge is 2.27. The third kappa shape index (κ3) is 2.03. The van der Waals surface area contributed by atoms with Crippen molar-refractivity contribution in [2.75, 3.05) is 11.4 Å². The van der Waals surface area contributed by atoms with Crippen LogP contribution in [0.25, 0.3) is 5.69 Å². The molecular formula is C18H20N2O3. The first-order valence-corrected chi connectivity index (χ1v) is 8.13. The van der Waals surface area contributed by atoms with Crippen LogP contribution in [0.5, 0.6) is 11.8 Å². The van der Waals surface area contributed by atoms with E-state index >= 15 is 0 Å². The Labute approximate surface area is 134 Å². The van der Waals surface area contributed by atoms with Gasteiger partial charge in [0.05, 0.1) is 5.69 Å². The van der Waals surface area contributed by atoms with E-state index in [1.807, 2.05) is 18.2 Å². The molecule has 2 N–H and O–H groups in total. The molecule has 1 aromatic heterocycles. The standard InChI is InChI=1S/C18H20N2O3/c1-11(21)19-9-8-12-6-7-13(10-16(12)19)20-17(22)14-4-2-3-5-15(14)18(20)23/h6-7,10,22-23H,2-5,8-9H2,1H3. The van der Waals surface area contributed by atoms with Crippen LogP contribution < -0.4 is 4.90 Å². The first-order valence-electron chi connectivity index (χ1n) is 8.13. The van der Waals surface area contributed by atoms with E-state index in [0.717, 1.165) is 54.5 Å². The van der Waals surface area contributed by atoms with Crippen LogP contribution in [0.4, 0.5) is 5.69 Å². The third-order valence-electron chi connectivity index (χ3n) is 5.03. The van der Waals surface area contributed by atoms with Crippen LogP contribution in [-0.4, -0.2) is 27.2 Å². The van der Waals surface area contributed by atoms with Crippen molar-refractivity contribution in [1.82, 2.24) is 4.57 Å². The Morgan fingerprint density at radius 1 is 1.04 bits per heavy atom. The van der Waals surface area contributed by atoms with Gasteiger partial charge in [-0.05, 0) is 49.8 Å². The molecule has 5 heteroatoms. The zero-order valence-corrected chi connectivity index (χ0v) is 13.2. The van der Waals surface area contributed by atoms with E-state index in [4.69, 9.17) is 0 Å². The molecule has 1 aliphatic heterocycles. The summed E-state index contributed by atoms with van der Waals surface area (Å²) in [7, 11) is 0. The van der Waals surface area contributed by atoms with Gasteiger partial charge >= 0.3 is 0 Å². The van der Waals surface area contributed by atoms with Crippen molar-refractivity contribution in [3.8, 4) is 17.4 Å². The second kappa shape index (κ2) is 5.05. The molecule has 0 radical (unpaired) electrons. The quantitative estimate of drug-likeness (QED) is 0.851. The second-order valence-corrected chi connectivity index (χ2v) is 6.38. The lowest BCUT2D eigenvalue weighted by molar-refractivity contribution is -0.116. The molecule has 1 aliphatic carbocycles. The van der Waals surface area contributed by atoms with Crippen LogP contribution in [0.3, 0.4) is 0 Å². The highest BCUT2D eigenvalue weighted by molar-refractivity contribution is 5.94. The van der Waals surface area contributed by atoms with E-state index in [1.54, 1.807) is 11.8 Å². The van der Waals surface area contributed by atoms with Crippen molar-refractivity contribution in [2.24, 2.45) is 0 Å². The largest absolute Gasteiger partial charge is 0.494 e. The maximum Gasteiger partial charge on any atom is 0.223 e. The number of carbonyl (C=O) groups excluding carboxylic acids is 1. The van der Waals surface area contributed by atoms with Crippen molar-refractivity contribution < 1.29 is 15.0 Å². The summed E-state index contributed by atoms with van der Waals surface area (Å²) in [4.78, 5) is 13.5. The Morgan fingerprint density at radius 2 is 1.70 bits per heavy atom. The average Bonchev–Trinajstić information content (AvgIpc) is 3.07. The molecule has 23 heavy (non-hydrogen) atoms. The van der Waals surface area contributed by atoms with Gasteiger partial charge in [-0.3, -0.25) is 9.36 Å². The molecule has 1 amide bonds. The topological polar surface area (TPSA) is 65.7 Å². The summed E-state index contributed by atoms with van der Waals surface area (Å²) >= 11 is 0. The van der Waals surface area contributed by atoms with Crippen molar-refractivity contribution in [3.63, 3.8) is 0 Å². The number of hydrogen-bond acceptors (Lipinski definition) is 3. The first-order chi connectivity index (χ1) is 11.1. The van der Waals surface area contributed by atoms with Gasteiger partial charge in [0.1, 0.15) is 0 Å². The summed E-state index contributed by atoms with van der Waals surface area (Å²) in [5, 5.41) is 21.1. The van der Waals surface area contributed by atoms with Crippen LogP contribution in [0.2, 0.25) is 0 Å². The second-order valence-electron chi connectivity index (χ2n) is 6.38. The number of hydrogen-bond donors (Lipinski definition) is 2. The molecule has 2 aromatic rings. The van der Waals surface area contributed by atoms with Gasteiger partial charge in [0.2, 0.25) is 17.7 Å². The number of benzene rings is 1. The summed E-state index contributed by atoms with van der Waals surface area (Å²) in [6.45, 7) is 2.25. The summed E-state index contributed by atoms with van der Waals surface area (Å²) in [6.07, 6.45) is 4.51. The van der Waals surface area contributed by atoms with Crippen molar-refractivity contribution >= 4 is 11.6 Å². The number of nitrogens with zero attached hydrogens (tertiary/aromatic N) is 2. The van der Waals surface area contributed by atoms with Gasteiger partial charge in [0.25, 0.3) is 0 Å². The molecule has 2 heterocycles. The number of rotatable bonds is 1. The molecule has 2 aliphatic rings. The lowest BCUT2D eigenvalue weighted by atomic mass is 9.95. The molecule has 4 rings (SSSR count). The van der Waals surface area contributed by atoms with E-state index in [0.29, 0.717) is 12.2 Å². The van der Waals surface area contributed by atoms with Crippen molar-refractivity contribution in [1.29, 1.82) is 0 Å². The van der Waals surface area contributed by atoms with Gasteiger partial charge in [0, 0.05) is 30.3 Å². The monoisotopic (exact) mass is 312 g/mol. The van der Waals surface area contributed by atoms with Crippen LogP contribution in [0.15, 0.2) is 18.2 Å². The predicted octanol–water partition coefficient (Wildman–Crippen LogP) is 2.68. The lowest BCUT2D eigenvalue weighted by Crippen LogP contribution is -2.25. The van der Waals surface area contributed by atoms with E-state index < -0.39 is 0 Å². The fraction of sp³-hybridized carbons (Fsp3) is 0.389. The SMILES string of the molecule is CC(=O)N1CCc2ccc(-n3c(O)c4c(c3O)CCCC4)cc21. The molecule has 0 bridgehead atoms. The third-order valence-corrected chi connectivity index (χ3v) is 5.03.